The van der Waals surface area contributed by atoms with Gasteiger partial charge in [-0.3, -0.25) is 9.59 Å². The largest absolute Gasteiger partial charge is 0.477 e. The highest BCUT2D eigenvalue weighted by Gasteiger charge is 2.33. The van der Waals surface area contributed by atoms with E-state index in [0.29, 0.717) is 31.1 Å². The van der Waals surface area contributed by atoms with Gasteiger partial charge in [-0.05, 0) is 37.7 Å². The summed E-state index contributed by atoms with van der Waals surface area (Å²) in [6.45, 7) is 2.53. The second-order valence-corrected chi connectivity index (χ2v) is 7.57. The minimum absolute atomic E-state index is 0.0266. The van der Waals surface area contributed by atoms with Crippen LogP contribution in [-0.4, -0.2) is 49.6 Å². The number of hydrogen-bond donors (Lipinski definition) is 0. The Labute approximate surface area is 156 Å². The van der Waals surface area contributed by atoms with Crippen molar-refractivity contribution in [3.63, 3.8) is 0 Å². The lowest BCUT2D eigenvalue weighted by Gasteiger charge is -2.25. The summed E-state index contributed by atoms with van der Waals surface area (Å²) >= 11 is 0. The van der Waals surface area contributed by atoms with E-state index in [2.05, 4.69) is 10.2 Å². The maximum Gasteiger partial charge on any atom is 0.267 e. The van der Waals surface area contributed by atoms with Crippen molar-refractivity contribution in [2.45, 2.75) is 57.7 Å². The Kier molecular flexibility index (Phi) is 3.98. The van der Waals surface area contributed by atoms with Gasteiger partial charge in [0.25, 0.3) is 11.5 Å². The Hall–Kier alpha value is -2.64. The van der Waals surface area contributed by atoms with Gasteiger partial charge in [-0.15, -0.1) is 0 Å². The van der Waals surface area contributed by atoms with E-state index in [1.165, 1.54) is 0 Å². The molecule has 2 aromatic rings. The normalized spacial score (nSPS) is 21.0. The number of aryl methyl sites for hydroxylation is 3. The van der Waals surface area contributed by atoms with Gasteiger partial charge in [-0.2, -0.15) is 10.2 Å². The molecule has 142 valence electrons. The second kappa shape index (κ2) is 6.51. The average molecular weight is 369 g/mol. The van der Waals surface area contributed by atoms with Crippen LogP contribution in [0.4, 0.5) is 0 Å². The zero-order valence-corrected chi connectivity index (χ0v) is 15.3. The molecule has 1 amide bonds. The predicted octanol–water partition coefficient (Wildman–Crippen LogP) is 1.02. The number of nitrogens with zero attached hydrogens (tertiary/aromatic N) is 5. The summed E-state index contributed by atoms with van der Waals surface area (Å²) in [7, 11) is 0. The highest BCUT2D eigenvalue weighted by atomic mass is 16.5. The van der Waals surface area contributed by atoms with Gasteiger partial charge in [-0.1, -0.05) is 0 Å². The number of hydrogen-bond acceptors (Lipinski definition) is 5. The predicted molar refractivity (Wildman–Crippen MR) is 96.9 cm³/mol. The number of carbonyl (C=O) groups is 1. The number of rotatable bonds is 3. The molecule has 1 unspecified atom stereocenters. The third kappa shape index (κ3) is 2.83. The van der Waals surface area contributed by atoms with Gasteiger partial charge in [0.2, 0.25) is 5.88 Å². The van der Waals surface area contributed by atoms with Crippen LogP contribution in [0.2, 0.25) is 0 Å². The third-order valence-electron chi connectivity index (χ3n) is 5.82. The van der Waals surface area contributed by atoms with E-state index >= 15 is 0 Å². The number of likely N-dealkylation sites (tertiary alicyclic amines) is 1. The first-order valence-corrected chi connectivity index (χ1v) is 9.80. The molecule has 0 saturated carbocycles. The first kappa shape index (κ1) is 16.5. The minimum atomic E-state index is -0.0683. The third-order valence-corrected chi connectivity index (χ3v) is 5.82. The quantitative estimate of drug-likeness (QED) is 0.807. The maximum atomic E-state index is 13.1. The van der Waals surface area contributed by atoms with Gasteiger partial charge >= 0.3 is 0 Å². The molecule has 2 aromatic heterocycles. The van der Waals surface area contributed by atoms with E-state index in [-0.39, 0.29) is 17.5 Å². The van der Waals surface area contributed by atoms with Crippen molar-refractivity contribution in [3.8, 4) is 5.88 Å². The van der Waals surface area contributed by atoms with Crippen molar-refractivity contribution < 1.29 is 9.53 Å². The topological polar surface area (TPSA) is 82.2 Å². The van der Waals surface area contributed by atoms with Crippen LogP contribution < -0.4 is 10.3 Å². The smallest absolute Gasteiger partial charge is 0.267 e. The molecule has 3 aliphatic rings. The van der Waals surface area contributed by atoms with Crippen molar-refractivity contribution in [2.24, 2.45) is 0 Å². The molecule has 27 heavy (non-hydrogen) atoms. The van der Waals surface area contributed by atoms with Gasteiger partial charge < -0.3 is 9.64 Å². The summed E-state index contributed by atoms with van der Waals surface area (Å²) in [6, 6.07) is 1.69. The van der Waals surface area contributed by atoms with Crippen LogP contribution in [-0.2, 0) is 25.9 Å². The Morgan fingerprint density at radius 2 is 2.15 bits per heavy atom. The summed E-state index contributed by atoms with van der Waals surface area (Å²) in [4.78, 5) is 27.4. The van der Waals surface area contributed by atoms with Crippen molar-refractivity contribution >= 4 is 5.91 Å². The van der Waals surface area contributed by atoms with Crippen molar-refractivity contribution in [3.05, 3.63) is 39.4 Å². The standard InChI is InChI=1S/C19H23N5O3/c25-17-10-13-4-1-6-16(13)21-24(17)12-14-5-2-7-22(14)18(26)15-11-20-23-8-3-9-27-19(15)23/h10-11,14H,1-9,12H2. The van der Waals surface area contributed by atoms with E-state index in [0.717, 1.165) is 56.3 Å². The van der Waals surface area contributed by atoms with E-state index in [9.17, 15) is 9.59 Å². The molecule has 5 rings (SSSR count). The van der Waals surface area contributed by atoms with Gasteiger partial charge in [-0.25, -0.2) is 9.36 Å². The zero-order chi connectivity index (χ0) is 18.4. The number of aromatic nitrogens is 4. The molecule has 1 atom stereocenters. The molecule has 0 aromatic carbocycles. The van der Waals surface area contributed by atoms with E-state index in [1.54, 1.807) is 21.6 Å². The van der Waals surface area contributed by atoms with Crippen LogP contribution in [0, 0.1) is 0 Å². The number of ether oxygens (including phenoxy) is 1. The summed E-state index contributed by atoms with van der Waals surface area (Å²) < 4.78 is 8.99. The summed E-state index contributed by atoms with van der Waals surface area (Å²) in [5, 5.41) is 8.86. The fraction of sp³-hybridized carbons (Fsp3) is 0.579. The summed E-state index contributed by atoms with van der Waals surface area (Å²) in [5.41, 5.74) is 2.57. The molecule has 2 aliphatic heterocycles. The molecule has 0 bridgehead atoms. The lowest BCUT2D eigenvalue weighted by atomic mass is 10.2. The van der Waals surface area contributed by atoms with E-state index in [1.807, 2.05) is 4.90 Å². The lowest BCUT2D eigenvalue weighted by molar-refractivity contribution is 0.0713. The minimum Gasteiger partial charge on any atom is -0.477 e. The Bertz CT molecular complexity index is 947. The fourth-order valence-electron chi connectivity index (χ4n) is 4.43. The Morgan fingerprint density at radius 1 is 1.22 bits per heavy atom. The van der Waals surface area contributed by atoms with Gasteiger partial charge in [0.15, 0.2) is 0 Å². The van der Waals surface area contributed by atoms with Crippen LogP contribution in [0.3, 0.4) is 0 Å². The van der Waals surface area contributed by atoms with Crippen LogP contribution >= 0.6 is 0 Å². The summed E-state index contributed by atoms with van der Waals surface area (Å²) in [6.07, 6.45) is 7.26. The number of fused-ring (bicyclic) bond motifs is 2. The Balaban J connectivity index is 1.39. The fourth-order valence-corrected chi connectivity index (χ4v) is 4.43. The number of carbonyl (C=O) groups excluding carboxylic acids is 1. The highest BCUT2D eigenvalue weighted by molar-refractivity contribution is 5.96. The number of amides is 1. The molecule has 1 aliphatic carbocycles. The highest BCUT2D eigenvalue weighted by Crippen LogP contribution is 2.28. The van der Waals surface area contributed by atoms with E-state index in [4.69, 9.17) is 4.74 Å². The van der Waals surface area contributed by atoms with Crippen LogP contribution in [0.25, 0.3) is 0 Å². The van der Waals surface area contributed by atoms with E-state index < -0.39 is 0 Å². The maximum absolute atomic E-state index is 13.1. The first-order chi connectivity index (χ1) is 13.2. The molecule has 1 fully saturated rings. The Morgan fingerprint density at radius 3 is 3.07 bits per heavy atom. The van der Waals surface area contributed by atoms with Crippen LogP contribution in [0.5, 0.6) is 5.88 Å². The molecular weight excluding hydrogens is 346 g/mol. The molecule has 0 N–H and O–H groups in total. The monoisotopic (exact) mass is 369 g/mol. The second-order valence-electron chi connectivity index (χ2n) is 7.57. The van der Waals surface area contributed by atoms with Gasteiger partial charge in [0.1, 0.15) is 5.56 Å². The van der Waals surface area contributed by atoms with Crippen molar-refractivity contribution in [1.29, 1.82) is 0 Å². The van der Waals surface area contributed by atoms with Crippen LogP contribution in [0.15, 0.2) is 17.1 Å². The molecule has 1 saturated heterocycles. The SMILES string of the molecule is O=C(c1cnn2c1OCCC2)N1CCCC1Cn1nc2c(cc1=O)CCC2. The molecule has 0 spiro atoms. The summed E-state index contributed by atoms with van der Waals surface area (Å²) in [5.74, 6) is 0.514. The molecular formula is C19H23N5O3. The van der Waals surface area contributed by atoms with Crippen LogP contribution in [0.1, 0.15) is 47.3 Å². The van der Waals surface area contributed by atoms with Gasteiger partial charge in [0, 0.05) is 25.6 Å². The average Bonchev–Trinajstić information content (AvgIpc) is 3.40. The van der Waals surface area contributed by atoms with Gasteiger partial charge in [0.05, 0.1) is 31.1 Å². The molecule has 4 heterocycles. The van der Waals surface area contributed by atoms with Crippen molar-refractivity contribution in [1.82, 2.24) is 24.5 Å². The molecule has 0 radical (unpaired) electrons. The zero-order valence-electron chi connectivity index (χ0n) is 15.3. The molecule has 8 heteroatoms. The lowest BCUT2D eigenvalue weighted by Crippen LogP contribution is -2.41. The first-order valence-electron chi connectivity index (χ1n) is 9.80. The van der Waals surface area contributed by atoms with Crippen molar-refractivity contribution in [2.75, 3.05) is 13.2 Å². The molecule has 8 nitrogen and oxygen atoms in total.